The van der Waals surface area contributed by atoms with Crippen LogP contribution in [0.5, 0.6) is 0 Å². The summed E-state index contributed by atoms with van der Waals surface area (Å²) >= 11 is 0. The largest absolute Gasteiger partial charge is 0.467 e. The summed E-state index contributed by atoms with van der Waals surface area (Å²) in [6.07, 6.45) is 7.70. The fourth-order valence-electron chi connectivity index (χ4n) is 4.14. The molecule has 1 aromatic carbocycles. The molecule has 8 heteroatoms. The topological polar surface area (TPSA) is 87.9 Å². The number of nitrogens with zero attached hydrogens (tertiary/aromatic N) is 1. The van der Waals surface area contributed by atoms with Crippen LogP contribution in [0, 0.1) is 5.41 Å². The Morgan fingerprint density at radius 3 is 2.62 bits per heavy atom. The first-order valence-corrected chi connectivity index (χ1v) is 11.0. The minimum Gasteiger partial charge on any atom is -0.467 e. The molecule has 1 heterocycles. The van der Waals surface area contributed by atoms with Crippen LogP contribution in [0.2, 0.25) is 0 Å². The lowest BCUT2D eigenvalue weighted by Crippen LogP contribution is -2.43. The molecule has 7 nitrogen and oxygen atoms in total. The fourth-order valence-corrected chi connectivity index (χ4v) is 4.14. The number of benzene rings is 1. The van der Waals surface area contributed by atoms with Crippen LogP contribution in [0.1, 0.15) is 53.8 Å². The molecule has 2 aromatic rings. The SMILES string of the molecule is CN=C(NCc1cccc(C(=O)NCc2ccco2)c1)NCC1(CCOC)CCCC1.I. The van der Waals surface area contributed by atoms with Gasteiger partial charge in [-0.25, -0.2) is 0 Å². The Labute approximate surface area is 207 Å². The van der Waals surface area contributed by atoms with Crippen molar-refractivity contribution in [3.8, 4) is 0 Å². The highest BCUT2D eigenvalue weighted by Crippen LogP contribution is 2.40. The third-order valence-corrected chi connectivity index (χ3v) is 6.01. The van der Waals surface area contributed by atoms with Crippen LogP contribution in [-0.4, -0.2) is 39.2 Å². The van der Waals surface area contributed by atoms with Crippen molar-refractivity contribution < 1.29 is 13.9 Å². The maximum atomic E-state index is 12.4. The number of ether oxygens (including phenoxy) is 1. The first-order valence-electron chi connectivity index (χ1n) is 11.0. The summed E-state index contributed by atoms with van der Waals surface area (Å²) in [5.41, 5.74) is 1.93. The Morgan fingerprint density at radius 1 is 1.12 bits per heavy atom. The van der Waals surface area contributed by atoms with E-state index in [0.717, 1.165) is 36.9 Å². The van der Waals surface area contributed by atoms with Crippen molar-refractivity contribution in [1.29, 1.82) is 0 Å². The maximum Gasteiger partial charge on any atom is 0.251 e. The Balaban J connectivity index is 0.00000363. The second-order valence-electron chi connectivity index (χ2n) is 8.19. The number of nitrogens with one attached hydrogen (secondary N) is 3. The van der Waals surface area contributed by atoms with Gasteiger partial charge in [-0.2, -0.15) is 0 Å². The number of guanidine groups is 1. The zero-order chi connectivity index (χ0) is 21.9. The number of furan rings is 1. The third kappa shape index (κ3) is 7.81. The molecule has 0 radical (unpaired) electrons. The van der Waals surface area contributed by atoms with Gasteiger partial charge in [0.25, 0.3) is 5.91 Å². The molecule has 32 heavy (non-hydrogen) atoms. The molecule has 1 saturated carbocycles. The van der Waals surface area contributed by atoms with E-state index in [1.165, 1.54) is 25.7 Å². The van der Waals surface area contributed by atoms with Crippen molar-refractivity contribution in [3.05, 3.63) is 59.5 Å². The molecule has 176 valence electrons. The minimum atomic E-state index is -0.123. The van der Waals surface area contributed by atoms with Crippen LogP contribution in [0.25, 0.3) is 0 Å². The Hall–Kier alpha value is -2.07. The van der Waals surface area contributed by atoms with Gasteiger partial charge in [0.2, 0.25) is 0 Å². The molecule has 3 N–H and O–H groups in total. The van der Waals surface area contributed by atoms with Crippen LogP contribution in [-0.2, 0) is 17.8 Å². The zero-order valence-corrected chi connectivity index (χ0v) is 21.3. The van der Waals surface area contributed by atoms with Gasteiger partial charge in [-0.05, 0) is 54.5 Å². The molecule has 1 aliphatic carbocycles. The molecule has 1 fully saturated rings. The Bertz CT molecular complexity index is 849. The van der Waals surface area contributed by atoms with Crippen molar-refractivity contribution in [2.75, 3.05) is 27.3 Å². The molecular formula is C24H35IN4O3. The summed E-state index contributed by atoms with van der Waals surface area (Å²) in [5, 5.41) is 9.74. The first kappa shape index (κ1) is 26.2. The molecule has 0 bridgehead atoms. The van der Waals surface area contributed by atoms with Gasteiger partial charge in [0, 0.05) is 39.4 Å². The maximum absolute atomic E-state index is 12.4. The number of rotatable bonds is 10. The molecular weight excluding hydrogens is 519 g/mol. The number of aliphatic imine (C=N–C) groups is 1. The van der Waals surface area contributed by atoms with Crippen LogP contribution in [0.4, 0.5) is 0 Å². The van der Waals surface area contributed by atoms with Gasteiger partial charge in [0.1, 0.15) is 5.76 Å². The van der Waals surface area contributed by atoms with E-state index in [4.69, 9.17) is 9.15 Å². The standard InChI is InChI=1S/C24H34N4O3.HI/c1-25-23(28-18-24(12-14-30-2)10-3-4-11-24)27-16-19-7-5-8-20(15-19)22(29)26-17-21-9-6-13-31-21;/h5-9,13,15H,3-4,10-12,14,16-18H2,1-2H3,(H,26,29)(H2,25,27,28);1H. The predicted octanol–water partition coefficient (Wildman–Crippen LogP) is 4.09. The van der Waals surface area contributed by atoms with E-state index in [1.807, 2.05) is 30.3 Å². The number of hydrogen-bond acceptors (Lipinski definition) is 4. The van der Waals surface area contributed by atoms with Crippen molar-refractivity contribution >= 4 is 35.8 Å². The van der Waals surface area contributed by atoms with Crippen LogP contribution in [0.3, 0.4) is 0 Å². The highest BCUT2D eigenvalue weighted by Gasteiger charge is 2.33. The van der Waals surface area contributed by atoms with Gasteiger partial charge in [0.05, 0.1) is 12.8 Å². The highest BCUT2D eigenvalue weighted by atomic mass is 127. The summed E-state index contributed by atoms with van der Waals surface area (Å²) in [4.78, 5) is 16.8. The average Bonchev–Trinajstić information content (AvgIpc) is 3.49. The Kier molecular flexibility index (Phi) is 11.0. The minimum absolute atomic E-state index is 0. The number of carbonyl (C=O) groups excluding carboxylic acids is 1. The van der Waals surface area contributed by atoms with Crippen LogP contribution < -0.4 is 16.0 Å². The number of amides is 1. The van der Waals surface area contributed by atoms with Crippen molar-refractivity contribution in [3.63, 3.8) is 0 Å². The van der Waals surface area contributed by atoms with Gasteiger partial charge in [0.15, 0.2) is 5.96 Å². The number of methoxy groups -OCH3 is 1. The van der Waals surface area contributed by atoms with Gasteiger partial charge < -0.3 is 25.1 Å². The average molecular weight is 554 g/mol. The van der Waals surface area contributed by atoms with Gasteiger partial charge in [-0.1, -0.05) is 25.0 Å². The zero-order valence-electron chi connectivity index (χ0n) is 19.0. The van der Waals surface area contributed by atoms with Crippen LogP contribution in [0.15, 0.2) is 52.1 Å². The van der Waals surface area contributed by atoms with Gasteiger partial charge >= 0.3 is 0 Å². The van der Waals surface area contributed by atoms with Crippen molar-refractivity contribution in [2.24, 2.45) is 10.4 Å². The molecule has 0 aliphatic heterocycles. The molecule has 1 aromatic heterocycles. The second kappa shape index (κ2) is 13.5. The molecule has 1 aliphatic rings. The number of halogens is 1. The number of carbonyl (C=O) groups is 1. The third-order valence-electron chi connectivity index (χ3n) is 6.01. The number of hydrogen-bond donors (Lipinski definition) is 3. The van der Waals surface area contributed by atoms with Crippen molar-refractivity contribution in [2.45, 2.75) is 45.2 Å². The van der Waals surface area contributed by atoms with E-state index in [1.54, 1.807) is 26.5 Å². The lowest BCUT2D eigenvalue weighted by atomic mass is 9.83. The summed E-state index contributed by atoms with van der Waals surface area (Å²) < 4.78 is 10.6. The van der Waals surface area contributed by atoms with Gasteiger partial charge in [-0.15, -0.1) is 24.0 Å². The summed E-state index contributed by atoms with van der Waals surface area (Å²) in [5.74, 6) is 1.38. The van der Waals surface area contributed by atoms with Gasteiger partial charge in [-0.3, -0.25) is 9.79 Å². The quantitative estimate of drug-likeness (QED) is 0.234. The second-order valence-corrected chi connectivity index (χ2v) is 8.19. The van der Waals surface area contributed by atoms with Crippen LogP contribution >= 0.6 is 24.0 Å². The molecule has 0 saturated heterocycles. The summed E-state index contributed by atoms with van der Waals surface area (Å²) in [6.45, 7) is 2.65. The normalized spacial score (nSPS) is 15.1. The van der Waals surface area contributed by atoms with Crippen molar-refractivity contribution in [1.82, 2.24) is 16.0 Å². The van der Waals surface area contributed by atoms with E-state index in [-0.39, 0.29) is 29.9 Å². The first-order chi connectivity index (χ1) is 15.1. The van der Waals surface area contributed by atoms with E-state index >= 15 is 0 Å². The van der Waals surface area contributed by atoms with E-state index in [2.05, 4.69) is 20.9 Å². The molecule has 1 amide bonds. The van der Waals surface area contributed by atoms with E-state index in [0.29, 0.717) is 24.1 Å². The van der Waals surface area contributed by atoms with E-state index in [9.17, 15) is 4.79 Å². The van der Waals surface area contributed by atoms with E-state index < -0.39 is 0 Å². The smallest absolute Gasteiger partial charge is 0.251 e. The highest BCUT2D eigenvalue weighted by molar-refractivity contribution is 14.0. The predicted molar refractivity (Wildman–Crippen MR) is 137 cm³/mol. The fraction of sp³-hybridized carbons (Fsp3) is 0.500. The lowest BCUT2D eigenvalue weighted by Gasteiger charge is -2.30. The molecule has 3 rings (SSSR count). The monoisotopic (exact) mass is 554 g/mol. The summed E-state index contributed by atoms with van der Waals surface area (Å²) in [7, 11) is 3.55. The summed E-state index contributed by atoms with van der Waals surface area (Å²) in [6, 6.07) is 11.3. The Morgan fingerprint density at radius 2 is 1.94 bits per heavy atom. The lowest BCUT2D eigenvalue weighted by molar-refractivity contribution is 0.0948. The molecule has 0 atom stereocenters. The molecule has 0 unspecified atom stereocenters. The molecule has 0 spiro atoms.